The van der Waals surface area contributed by atoms with Crippen molar-refractivity contribution in [3.8, 4) is 34.3 Å². The Balaban J connectivity index is 0.00000337. The number of hydrogen-bond acceptors (Lipinski definition) is 7. The normalized spacial score (nSPS) is 13.2. The number of unbranched alkanes of at least 4 members (excludes halogenated alkanes) is 1. The molecule has 0 unspecified atom stereocenters. The third-order valence-corrected chi connectivity index (χ3v) is 7.73. The van der Waals surface area contributed by atoms with Gasteiger partial charge in [-0.05, 0) is 75.8 Å². The van der Waals surface area contributed by atoms with Gasteiger partial charge in [-0.1, -0.05) is 5.21 Å². The number of fused-ring (bicyclic) bond motifs is 5. The smallest absolute Gasteiger partial charge is 0.231 e. The predicted molar refractivity (Wildman–Crippen MR) is 153 cm³/mol. The second-order valence-electron chi connectivity index (χ2n) is 11.1. The summed E-state index contributed by atoms with van der Waals surface area (Å²) < 4.78 is 27.6. The summed E-state index contributed by atoms with van der Waals surface area (Å²) in [4.78, 5) is 2.28. The summed E-state index contributed by atoms with van der Waals surface area (Å²) in [5, 5.41) is 10.9. The van der Waals surface area contributed by atoms with Crippen molar-refractivity contribution in [1.29, 1.82) is 0 Å². The molecule has 41 heavy (non-hydrogen) atoms. The molecular formula is C31H38BrN5O4. The van der Waals surface area contributed by atoms with E-state index in [1.54, 1.807) is 7.11 Å². The Morgan fingerprint density at radius 1 is 1.05 bits per heavy atom. The number of aryl methyl sites for hydroxylation is 3. The van der Waals surface area contributed by atoms with Crippen LogP contribution in [0.15, 0.2) is 42.7 Å². The highest BCUT2D eigenvalue weighted by atomic mass is 79.9. The van der Waals surface area contributed by atoms with Crippen LogP contribution in [0, 0.1) is 0 Å². The Labute approximate surface area is 251 Å². The highest BCUT2D eigenvalue weighted by molar-refractivity contribution is 5.91. The van der Waals surface area contributed by atoms with Gasteiger partial charge < -0.3 is 40.8 Å². The lowest BCUT2D eigenvalue weighted by Crippen LogP contribution is -3.00. The number of rotatable bonds is 10. The first-order valence-electron chi connectivity index (χ1n) is 14.2. The van der Waals surface area contributed by atoms with E-state index in [2.05, 4.69) is 77.9 Å². The van der Waals surface area contributed by atoms with Crippen LogP contribution in [0.2, 0.25) is 0 Å². The second-order valence-corrected chi connectivity index (χ2v) is 11.1. The van der Waals surface area contributed by atoms with Crippen molar-refractivity contribution in [1.82, 2.24) is 15.0 Å². The van der Waals surface area contributed by atoms with Crippen LogP contribution in [-0.2, 0) is 19.5 Å². The van der Waals surface area contributed by atoms with Crippen LogP contribution in [-0.4, -0.2) is 47.6 Å². The summed E-state index contributed by atoms with van der Waals surface area (Å²) >= 11 is 0. The molecular weight excluding hydrogens is 586 g/mol. The van der Waals surface area contributed by atoms with Crippen molar-refractivity contribution in [2.45, 2.75) is 72.1 Å². The average Bonchev–Trinajstić information content (AvgIpc) is 3.59. The minimum atomic E-state index is 0. The lowest BCUT2D eigenvalue weighted by Gasteiger charge is -2.30. The first-order valence-corrected chi connectivity index (χ1v) is 14.2. The number of pyridine rings is 1. The van der Waals surface area contributed by atoms with Crippen LogP contribution in [0.4, 0.5) is 5.82 Å². The number of methoxy groups -OCH3 is 1. The van der Waals surface area contributed by atoms with E-state index in [1.807, 2.05) is 16.9 Å². The molecule has 9 nitrogen and oxygen atoms in total. The molecule has 218 valence electrons. The monoisotopic (exact) mass is 623 g/mol. The highest BCUT2D eigenvalue weighted by Gasteiger charge is 2.28. The topological polar surface area (TPSA) is 74.8 Å². The zero-order valence-corrected chi connectivity index (χ0v) is 26.0. The number of benzene rings is 2. The molecule has 0 fully saturated rings. The van der Waals surface area contributed by atoms with E-state index in [1.165, 1.54) is 16.8 Å². The van der Waals surface area contributed by atoms with Gasteiger partial charge in [0.2, 0.25) is 12.5 Å². The van der Waals surface area contributed by atoms with Crippen LogP contribution in [0.3, 0.4) is 0 Å². The van der Waals surface area contributed by atoms with E-state index in [-0.39, 0.29) is 23.8 Å². The fraction of sp³-hybridized carbons (Fsp3) is 0.452. The van der Waals surface area contributed by atoms with Gasteiger partial charge in [-0.25, -0.2) is 0 Å². The maximum absolute atomic E-state index is 6.38. The number of nitrogens with zero attached hydrogens (tertiary/aromatic N) is 5. The summed E-state index contributed by atoms with van der Waals surface area (Å²) in [7, 11) is 1.69. The van der Waals surface area contributed by atoms with Crippen molar-refractivity contribution in [3.63, 3.8) is 0 Å². The predicted octanol–water partition coefficient (Wildman–Crippen LogP) is 2.17. The number of aromatic nitrogens is 4. The highest BCUT2D eigenvalue weighted by Crippen LogP contribution is 2.41. The molecule has 2 aromatic carbocycles. The van der Waals surface area contributed by atoms with Crippen molar-refractivity contribution < 1.29 is 40.5 Å². The molecule has 4 heterocycles. The van der Waals surface area contributed by atoms with Gasteiger partial charge in [0.1, 0.15) is 0 Å². The molecule has 0 bridgehead atoms. The standard InChI is InChI=1S/C31H38N5O4.BrH/c1-20(2)36(21(3)4)30-18-35(33-32-30)11-6-7-13-38-31-25-17-34-12-10-23-15-28-29(40-19-39-28)16-24(23)26(34)14-22(25)8-9-27(31)37-5;/h8-9,14-18,20-21H,6-7,10-13,19H2,1-5H3;1H/q+1;/p-1. The van der Waals surface area contributed by atoms with E-state index in [4.69, 9.17) is 18.9 Å². The molecule has 0 aliphatic carbocycles. The molecule has 6 rings (SSSR count). The van der Waals surface area contributed by atoms with Crippen molar-refractivity contribution in [2.24, 2.45) is 0 Å². The van der Waals surface area contributed by atoms with Crippen LogP contribution in [0.1, 0.15) is 46.1 Å². The Morgan fingerprint density at radius 3 is 2.59 bits per heavy atom. The molecule has 0 radical (unpaired) electrons. The molecule has 2 aliphatic heterocycles. The van der Waals surface area contributed by atoms with E-state index in [9.17, 15) is 0 Å². The van der Waals surface area contributed by atoms with Crippen molar-refractivity contribution in [2.75, 3.05) is 25.4 Å². The van der Waals surface area contributed by atoms with Gasteiger partial charge in [0.15, 0.2) is 41.6 Å². The lowest BCUT2D eigenvalue weighted by atomic mass is 9.95. The molecule has 10 heteroatoms. The number of anilines is 1. The maximum Gasteiger partial charge on any atom is 0.231 e. The van der Waals surface area contributed by atoms with Gasteiger partial charge in [0.25, 0.3) is 0 Å². The molecule has 0 atom stereocenters. The molecule has 0 spiro atoms. The van der Waals surface area contributed by atoms with Crippen molar-refractivity contribution in [3.05, 3.63) is 48.3 Å². The third-order valence-electron chi connectivity index (χ3n) is 7.73. The Hall–Kier alpha value is -3.53. The van der Waals surface area contributed by atoms with Crippen LogP contribution < -0.4 is 45.4 Å². The first-order chi connectivity index (χ1) is 19.4. The molecule has 0 saturated carbocycles. The van der Waals surface area contributed by atoms with Crippen LogP contribution in [0.5, 0.6) is 23.0 Å². The largest absolute Gasteiger partial charge is 1.00 e. The van der Waals surface area contributed by atoms with Crippen molar-refractivity contribution >= 4 is 16.6 Å². The minimum absolute atomic E-state index is 0. The Morgan fingerprint density at radius 2 is 1.83 bits per heavy atom. The van der Waals surface area contributed by atoms with Gasteiger partial charge >= 0.3 is 0 Å². The van der Waals surface area contributed by atoms with Gasteiger partial charge in [0.05, 0.1) is 30.9 Å². The quantitative estimate of drug-likeness (QED) is 0.198. The number of halogens is 1. The fourth-order valence-electron chi connectivity index (χ4n) is 5.90. The van der Waals surface area contributed by atoms with Gasteiger partial charge in [-0.3, -0.25) is 4.68 Å². The SMILES string of the molecule is COc1ccc2cc3[n+](cc2c1OCCCCn1cc(N(C(C)C)C(C)C)nn1)CCc1cc2c(cc1-3)OCO2.[Br-]. The number of hydrogen-bond donors (Lipinski definition) is 0. The molecule has 0 saturated heterocycles. The lowest BCUT2D eigenvalue weighted by molar-refractivity contribution is -0.686. The van der Waals surface area contributed by atoms with E-state index >= 15 is 0 Å². The Kier molecular flexibility index (Phi) is 8.58. The molecule has 4 aromatic rings. The summed E-state index contributed by atoms with van der Waals surface area (Å²) in [6.07, 6.45) is 7.01. The van der Waals surface area contributed by atoms with E-state index in [0.29, 0.717) is 18.7 Å². The second kappa shape index (κ2) is 12.1. The summed E-state index contributed by atoms with van der Waals surface area (Å²) in [5.74, 6) is 4.11. The maximum atomic E-state index is 6.38. The summed E-state index contributed by atoms with van der Waals surface area (Å²) in [6.45, 7) is 11.3. The minimum Gasteiger partial charge on any atom is -1.00 e. The summed E-state index contributed by atoms with van der Waals surface area (Å²) in [5.41, 5.74) is 3.65. The zero-order chi connectivity index (χ0) is 27.8. The van der Waals surface area contributed by atoms with Gasteiger partial charge in [0, 0.05) is 31.1 Å². The van der Waals surface area contributed by atoms with E-state index < -0.39 is 0 Å². The van der Waals surface area contributed by atoms with Gasteiger partial charge in [-0.15, -0.1) is 5.10 Å². The van der Waals surface area contributed by atoms with E-state index in [0.717, 1.165) is 71.9 Å². The van der Waals surface area contributed by atoms with Gasteiger partial charge in [-0.2, -0.15) is 4.57 Å². The Bertz CT molecular complexity index is 1530. The van der Waals surface area contributed by atoms with Crippen LogP contribution in [0.25, 0.3) is 22.0 Å². The zero-order valence-electron chi connectivity index (χ0n) is 24.4. The van der Waals surface area contributed by atoms with Crippen LogP contribution >= 0.6 is 0 Å². The summed E-state index contributed by atoms with van der Waals surface area (Å²) in [6, 6.07) is 11.3. The molecule has 2 aliphatic rings. The molecule has 0 N–H and O–H groups in total. The average molecular weight is 625 g/mol. The third kappa shape index (κ3) is 5.66. The molecule has 2 aromatic heterocycles. The molecule has 0 amide bonds. The first kappa shape index (κ1) is 29.0. The number of ether oxygens (including phenoxy) is 4. The fourth-order valence-corrected chi connectivity index (χ4v) is 5.90.